The van der Waals surface area contributed by atoms with Crippen molar-refractivity contribution in [1.82, 2.24) is 0 Å². The maximum absolute atomic E-state index is 12.3. The highest BCUT2D eigenvalue weighted by Crippen LogP contribution is 2.27. The summed E-state index contributed by atoms with van der Waals surface area (Å²) in [6, 6.07) is 10.9. The van der Waals surface area contributed by atoms with E-state index in [1.54, 1.807) is 32.2 Å². The Balaban J connectivity index is 2.03. The number of amides is 1. The van der Waals surface area contributed by atoms with Crippen molar-refractivity contribution < 1.29 is 14.3 Å². The van der Waals surface area contributed by atoms with E-state index >= 15 is 0 Å². The molecular formula is C18H20ClNO3. The quantitative estimate of drug-likeness (QED) is 0.883. The van der Waals surface area contributed by atoms with Crippen molar-refractivity contribution in [2.45, 2.75) is 26.9 Å². The molecule has 0 spiro atoms. The third kappa shape index (κ3) is 4.39. The minimum atomic E-state index is -0.628. The lowest BCUT2D eigenvalue weighted by molar-refractivity contribution is -0.122. The fraction of sp³-hybridized carbons (Fsp3) is 0.278. The van der Waals surface area contributed by atoms with E-state index in [2.05, 4.69) is 5.32 Å². The van der Waals surface area contributed by atoms with Gasteiger partial charge in [0.15, 0.2) is 6.10 Å². The molecule has 2 aromatic carbocycles. The fourth-order valence-corrected chi connectivity index (χ4v) is 2.42. The lowest BCUT2D eigenvalue weighted by Crippen LogP contribution is -2.30. The Morgan fingerprint density at radius 1 is 1.13 bits per heavy atom. The molecule has 0 aromatic heterocycles. The van der Waals surface area contributed by atoms with Gasteiger partial charge in [-0.05, 0) is 50.6 Å². The summed E-state index contributed by atoms with van der Waals surface area (Å²) in [6.07, 6.45) is -0.628. The second-order valence-corrected chi connectivity index (χ2v) is 5.77. The number of methoxy groups -OCH3 is 1. The van der Waals surface area contributed by atoms with Gasteiger partial charge in [0.1, 0.15) is 11.5 Å². The van der Waals surface area contributed by atoms with E-state index in [-0.39, 0.29) is 5.91 Å². The normalized spacial score (nSPS) is 11.7. The van der Waals surface area contributed by atoms with Crippen molar-refractivity contribution in [3.63, 3.8) is 0 Å². The van der Waals surface area contributed by atoms with E-state index in [9.17, 15) is 4.79 Å². The molecule has 2 aromatic rings. The number of rotatable bonds is 5. The summed E-state index contributed by atoms with van der Waals surface area (Å²) in [5.41, 5.74) is 2.74. The molecule has 4 nitrogen and oxygen atoms in total. The molecule has 1 amide bonds. The minimum Gasteiger partial charge on any atom is -0.495 e. The Hall–Kier alpha value is -2.20. The van der Waals surface area contributed by atoms with Crippen LogP contribution in [0.4, 0.5) is 5.69 Å². The summed E-state index contributed by atoms with van der Waals surface area (Å²) < 4.78 is 10.8. The lowest BCUT2D eigenvalue weighted by Gasteiger charge is -2.17. The van der Waals surface area contributed by atoms with Gasteiger partial charge in [-0.1, -0.05) is 29.3 Å². The zero-order valence-electron chi connectivity index (χ0n) is 13.6. The van der Waals surface area contributed by atoms with Crippen LogP contribution in [0.3, 0.4) is 0 Å². The summed E-state index contributed by atoms with van der Waals surface area (Å²) in [6.45, 7) is 5.68. The van der Waals surface area contributed by atoms with Crippen LogP contribution in [0.25, 0.3) is 0 Å². The summed E-state index contributed by atoms with van der Waals surface area (Å²) in [5.74, 6) is 1.02. The Labute approximate surface area is 141 Å². The first-order valence-corrected chi connectivity index (χ1v) is 7.67. The number of ether oxygens (including phenoxy) is 2. The molecule has 0 aliphatic heterocycles. The number of hydrogen-bond acceptors (Lipinski definition) is 3. The van der Waals surface area contributed by atoms with Gasteiger partial charge in [-0.15, -0.1) is 0 Å². The van der Waals surface area contributed by atoms with E-state index in [0.29, 0.717) is 22.2 Å². The van der Waals surface area contributed by atoms with Gasteiger partial charge < -0.3 is 14.8 Å². The topological polar surface area (TPSA) is 47.6 Å². The summed E-state index contributed by atoms with van der Waals surface area (Å²) in [5, 5.41) is 3.22. The molecule has 0 fully saturated rings. The van der Waals surface area contributed by atoms with Crippen molar-refractivity contribution in [3.05, 3.63) is 52.5 Å². The maximum atomic E-state index is 12.3. The SMILES string of the molecule is COc1ccc(NC(=O)C(C)Oc2ccc(C)cc2C)cc1Cl. The number of anilines is 1. The molecule has 1 atom stereocenters. The van der Waals surface area contributed by atoms with Crippen LogP contribution in [-0.2, 0) is 4.79 Å². The van der Waals surface area contributed by atoms with Crippen LogP contribution in [0.2, 0.25) is 5.02 Å². The molecule has 122 valence electrons. The molecule has 2 rings (SSSR count). The summed E-state index contributed by atoms with van der Waals surface area (Å²) in [7, 11) is 1.54. The maximum Gasteiger partial charge on any atom is 0.265 e. The van der Waals surface area contributed by atoms with Crippen LogP contribution in [0.5, 0.6) is 11.5 Å². The first-order chi connectivity index (χ1) is 10.9. The zero-order valence-corrected chi connectivity index (χ0v) is 14.4. The number of hydrogen-bond donors (Lipinski definition) is 1. The molecule has 1 N–H and O–H groups in total. The van der Waals surface area contributed by atoms with E-state index in [1.807, 2.05) is 32.0 Å². The highest BCUT2D eigenvalue weighted by atomic mass is 35.5. The Kier molecular flexibility index (Phi) is 5.50. The molecule has 0 saturated carbocycles. The van der Waals surface area contributed by atoms with Crippen molar-refractivity contribution in [2.75, 3.05) is 12.4 Å². The Bertz CT molecular complexity index is 715. The van der Waals surface area contributed by atoms with Gasteiger partial charge in [-0.2, -0.15) is 0 Å². The van der Waals surface area contributed by atoms with E-state index < -0.39 is 6.10 Å². The second kappa shape index (κ2) is 7.38. The standard InChI is InChI=1S/C18H20ClNO3/c1-11-5-7-16(12(2)9-11)23-13(3)18(21)20-14-6-8-17(22-4)15(19)10-14/h5-10,13H,1-4H3,(H,20,21). The number of aryl methyl sites for hydroxylation is 2. The average Bonchev–Trinajstić information content (AvgIpc) is 2.50. The van der Waals surface area contributed by atoms with Crippen LogP contribution < -0.4 is 14.8 Å². The van der Waals surface area contributed by atoms with Crippen LogP contribution in [-0.4, -0.2) is 19.1 Å². The van der Waals surface area contributed by atoms with Gasteiger partial charge in [0.05, 0.1) is 12.1 Å². The Morgan fingerprint density at radius 3 is 2.43 bits per heavy atom. The largest absolute Gasteiger partial charge is 0.495 e. The second-order valence-electron chi connectivity index (χ2n) is 5.37. The molecular weight excluding hydrogens is 314 g/mol. The molecule has 5 heteroatoms. The molecule has 0 aliphatic carbocycles. The molecule has 0 bridgehead atoms. The van der Waals surface area contributed by atoms with Crippen LogP contribution >= 0.6 is 11.6 Å². The van der Waals surface area contributed by atoms with Gasteiger partial charge in [-0.25, -0.2) is 0 Å². The number of halogens is 1. The average molecular weight is 334 g/mol. The van der Waals surface area contributed by atoms with E-state index in [4.69, 9.17) is 21.1 Å². The fourth-order valence-electron chi connectivity index (χ4n) is 2.16. The van der Waals surface area contributed by atoms with Crippen molar-refractivity contribution >= 4 is 23.2 Å². The highest BCUT2D eigenvalue weighted by molar-refractivity contribution is 6.32. The summed E-state index contributed by atoms with van der Waals surface area (Å²) in [4.78, 5) is 12.3. The zero-order chi connectivity index (χ0) is 17.0. The third-order valence-corrected chi connectivity index (χ3v) is 3.72. The van der Waals surface area contributed by atoms with Crippen molar-refractivity contribution in [1.29, 1.82) is 0 Å². The van der Waals surface area contributed by atoms with Crippen LogP contribution in [0.15, 0.2) is 36.4 Å². The number of carbonyl (C=O) groups excluding carboxylic acids is 1. The smallest absolute Gasteiger partial charge is 0.265 e. The van der Waals surface area contributed by atoms with Crippen LogP contribution in [0.1, 0.15) is 18.1 Å². The third-order valence-electron chi connectivity index (χ3n) is 3.42. The number of carbonyl (C=O) groups is 1. The minimum absolute atomic E-state index is 0.244. The summed E-state index contributed by atoms with van der Waals surface area (Å²) >= 11 is 6.05. The number of nitrogens with one attached hydrogen (secondary N) is 1. The van der Waals surface area contributed by atoms with Gasteiger partial charge in [-0.3, -0.25) is 4.79 Å². The van der Waals surface area contributed by atoms with Gasteiger partial charge >= 0.3 is 0 Å². The first-order valence-electron chi connectivity index (χ1n) is 7.29. The predicted molar refractivity (Wildman–Crippen MR) is 92.6 cm³/mol. The van der Waals surface area contributed by atoms with Crippen molar-refractivity contribution in [3.8, 4) is 11.5 Å². The number of benzene rings is 2. The molecule has 0 heterocycles. The van der Waals surface area contributed by atoms with E-state index in [1.165, 1.54) is 0 Å². The monoisotopic (exact) mass is 333 g/mol. The first kappa shape index (κ1) is 17.2. The molecule has 0 aliphatic rings. The molecule has 0 radical (unpaired) electrons. The van der Waals surface area contributed by atoms with Gasteiger partial charge in [0.25, 0.3) is 5.91 Å². The molecule has 0 saturated heterocycles. The van der Waals surface area contributed by atoms with Crippen LogP contribution in [0, 0.1) is 13.8 Å². The van der Waals surface area contributed by atoms with Gasteiger partial charge in [0, 0.05) is 5.69 Å². The Morgan fingerprint density at radius 2 is 1.83 bits per heavy atom. The van der Waals surface area contributed by atoms with Crippen molar-refractivity contribution in [2.24, 2.45) is 0 Å². The van der Waals surface area contributed by atoms with Gasteiger partial charge in [0.2, 0.25) is 0 Å². The molecule has 1 unspecified atom stereocenters. The van der Waals surface area contributed by atoms with E-state index in [0.717, 1.165) is 11.1 Å². The highest BCUT2D eigenvalue weighted by Gasteiger charge is 2.16. The predicted octanol–water partition coefficient (Wildman–Crippen LogP) is 4.37. The molecule has 23 heavy (non-hydrogen) atoms. The lowest BCUT2D eigenvalue weighted by atomic mass is 10.1.